The van der Waals surface area contributed by atoms with Crippen molar-refractivity contribution in [2.24, 2.45) is 5.73 Å². The summed E-state index contributed by atoms with van der Waals surface area (Å²) < 4.78 is 2.06. The Kier molecular flexibility index (Phi) is 2.42. The Morgan fingerprint density at radius 3 is 2.76 bits per heavy atom. The quantitative estimate of drug-likeness (QED) is 0.838. The minimum atomic E-state index is -0.284. The van der Waals surface area contributed by atoms with Crippen LogP contribution in [0.5, 0.6) is 0 Å². The van der Waals surface area contributed by atoms with Gasteiger partial charge in [0.1, 0.15) is 5.82 Å². The van der Waals surface area contributed by atoms with Crippen molar-refractivity contribution in [1.29, 1.82) is 0 Å². The van der Waals surface area contributed by atoms with Gasteiger partial charge in [-0.1, -0.05) is 12.1 Å². The molecule has 1 heterocycles. The maximum absolute atomic E-state index is 9.19. The summed E-state index contributed by atoms with van der Waals surface area (Å²) in [4.78, 5) is 4.65. The zero-order chi connectivity index (χ0) is 11.9. The first-order valence-corrected chi connectivity index (χ1v) is 6.10. The molecular weight excluding hydrogens is 214 g/mol. The highest BCUT2D eigenvalue weighted by atomic mass is 16.3. The van der Waals surface area contributed by atoms with Gasteiger partial charge in [-0.25, -0.2) is 4.98 Å². The fraction of sp³-hybridized carbons (Fsp3) is 0.462. The number of nitrogens with zero attached hydrogens (tertiary/aromatic N) is 2. The van der Waals surface area contributed by atoms with Crippen LogP contribution in [0.25, 0.3) is 11.0 Å². The predicted octanol–water partition coefficient (Wildman–Crippen LogP) is 1.37. The van der Waals surface area contributed by atoms with Gasteiger partial charge in [0.15, 0.2) is 0 Å². The second kappa shape index (κ2) is 3.82. The number of aromatic nitrogens is 2. The van der Waals surface area contributed by atoms with Gasteiger partial charge in [-0.05, 0) is 31.4 Å². The van der Waals surface area contributed by atoms with Crippen molar-refractivity contribution in [2.45, 2.75) is 31.3 Å². The van der Waals surface area contributed by atoms with Gasteiger partial charge in [-0.2, -0.15) is 0 Å². The summed E-state index contributed by atoms with van der Waals surface area (Å²) in [5, 5.41) is 9.19. The van der Waals surface area contributed by atoms with Gasteiger partial charge in [-0.15, -0.1) is 0 Å². The molecule has 0 unspecified atom stereocenters. The lowest BCUT2D eigenvalue weighted by molar-refractivity contribution is 0.220. The Morgan fingerprint density at radius 1 is 1.35 bits per heavy atom. The fourth-order valence-electron chi connectivity index (χ4n) is 2.56. The van der Waals surface area contributed by atoms with Crippen molar-refractivity contribution >= 4 is 11.0 Å². The standard InChI is InChI=1S/C13H17N3O/c14-13(6-3-7-13)12-15-10-4-1-2-5-11(10)16(12)8-9-17/h1-2,4-5,17H,3,6-9,14H2. The first-order valence-electron chi connectivity index (χ1n) is 6.10. The second-order valence-electron chi connectivity index (χ2n) is 4.81. The molecule has 0 bridgehead atoms. The predicted molar refractivity (Wildman–Crippen MR) is 66.5 cm³/mol. The number of para-hydroxylation sites is 2. The number of hydrogen-bond acceptors (Lipinski definition) is 3. The average Bonchev–Trinajstić information content (AvgIpc) is 2.66. The number of aliphatic hydroxyl groups is 1. The number of fused-ring (bicyclic) bond motifs is 1. The number of imidazole rings is 1. The Morgan fingerprint density at radius 2 is 2.12 bits per heavy atom. The molecule has 90 valence electrons. The van der Waals surface area contributed by atoms with Crippen LogP contribution in [0.2, 0.25) is 0 Å². The van der Waals surface area contributed by atoms with E-state index < -0.39 is 0 Å². The fourth-order valence-corrected chi connectivity index (χ4v) is 2.56. The minimum absolute atomic E-state index is 0.115. The van der Waals surface area contributed by atoms with Gasteiger partial charge >= 0.3 is 0 Å². The smallest absolute Gasteiger partial charge is 0.130 e. The Hall–Kier alpha value is -1.39. The van der Waals surface area contributed by atoms with Gasteiger partial charge in [0.2, 0.25) is 0 Å². The van der Waals surface area contributed by atoms with Crippen molar-refractivity contribution < 1.29 is 5.11 Å². The Labute approximate surface area is 100 Å². The third kappa shape index (κ3) is 1.56. The molecule has 0 spiro atoms. The van der Waals surface area contributed by atoms with Gasteiger partial charge in [0.25, 0.3) is 0 Å². The van der Waals surface area contributed by atoms with E-state index in [2.05, 4.69) is 9.55 Å². The van der Waals surface area contributed by atoms with Crippen molar-refractivity contribution in [3.8, 4) is 0 Å². The van der Waals surface area contributed by atoms with E-state index in [1.807, 2.05) is 24.3 Å². The van der Waals surface area contributed by atoms with Gasteiger partial charge in [-0.3, -0.25) is 0 Å². The molecule has 0 atom stereocenters. The molecule has 0 radical (unpaired) electrons. The van der Waals surface area contributed by atoms with Crippen LogP contribution in [-0.4, -0.2) is 21.3 Å². The Balaban J connectivity index is 2.19. The summed E-state index contributed by atoms with van der Waals surface area (Å²) in [6, 6.07) is 8.00. The number of hydrogen-bond donors (Lipinski definition) is 2. The highest BCUT2D eigenvalue weighted by molar-refractivity contribution is 5.76. The van der Waals surface area contributed by atoms with E-state index in [-0.39, 0.29) is 12.1 Å². The molecular formula is C13H17N3O. The van der Waals surface area contributed by atoms with E-state index in [0.29, 0.717) is 6.54 Å². The molecule has 1 aromatic heterocycles. The van der Waals surface area contributed by atoms with Crippen molar-refractivity contribution in [2.75, 3.05) is 6.61 Å². The lowest BCUT2D eigenvalue weighted by Gasteiger charge is -2.37. The van der Waals surface area contributed by atoms with Crippen molar-refractivity contribution in [1.82, 2.24) is 9.55 Å². The number of rotatable bonds is 3. The third-order valence-electron chi connectivity index (χ3n) is 3.67. The molecule has 3 rings (SSSR count). The first kappa shape index (κ1) is 10.7. The Bertz CT molecular complexity index is 543. The summed E-state index contributed by atoms with van der Waals surface area (Å²) >= 11 is 0. The zero-order valence-electron chi connectivity index (χ0n) is 9.76. The van der Waals surface area contributed by atoms with Crippen LogP contribution in [0.3, 0.4) is 0 Å². The second-order valence-corrected chi connectivity index (χ2v) is 4.81. The van der Waals surface area contributed by atoms with E-state index >= 15 is 0 Å². The molecule has 3 N–H and O–H groups in total. The van der Waals surface area contributed by atoms with Crippen molar-refractivity contribution in [3.63, 3.8) is 0 Å². The van der Waals surface area contributed by atoms with E-state index in [0.717, 1.165) is 29.7 Å². The van der Waals surface area contributed by atoms with E-state index in [9.17, 15) is 5.11 Å². The maximum Gasteiger partial charge on any atom is 0.130 e. The minimum Gasteiger partial charge on any atom is -0.395 e. The molecule has 1 saturated carbocycles. The molecule has 1 aliphatic carbocycles. The number of aliphatic hydroxyl groups excluding tert-OH is 1. The molecule has 0 saturated heterocycles. The van der Waals surface area contributed by atoms with Gasteiger partial charge < -0.3 is 15.4 Å². The number of nitrogens with two attached hydrogens (primary N) is 1. The number of benzene rings is 1. The maximum atomic E-state index is 9.19. The molecule has 2 aromatic rings. The summed E-state index contributed by atoms with van der Waals surface area (Å²) in [6.45, 7) is 0.679. The van der Waals surface area contributed by atoms with Gasteiger partial charge in [0.05, 0.1) is 23.2 Å². The largest absolute Gasteiger partial charge is 0.395 e. The molecule has 1 aliphatic rings. The topological polar surface area (TPSA) is 64.1 Å². The van der Waals surface area contributed by atoms with E-state index in [1.165, 1.54) is 6.42 Å². The highest BCUT2D eigenvalue weighted by Crippen LogP contribution is 2.39. The lowest BCUT2D eigenvalue weighted by atomic mass is 9.77. The average molecular weight is 231 g/mol. The molecule has 0 amide bonds. The van der Waals surface area contributed by atoms with E-state index in [4.69, 9.17) is 5.73 Å². The molecule has 1 aromatic carbocycles. The third-order valence-corrected chi connectivity index (χ3v) is 3.67. The van der Waals surface area contributed by atoms with Crippen LogP contribution in [-0.2, 0) is 12.1 Å². The van der Waals surface area contributed by atoms with E-state index in [1.54, 1.807) is 0 Å². The summed E-state index contributed by atoms with van der Waals surface area (Å²) in [7, 11) is 0. The molecule has 4 nitrogen and oxygen atoms in total. The van der Waals surface area contributed by atoms with Crippen LogP contribution < -0.4 is 5.73 Å². The molecule has 1 fully saturated rings. The summed E-state index contributed by atoms with van der Waals surface area (Å²) in [5.74, 6) is 0.930. The lowest BCUT2D eigenvalue weighted by Crippen LogP contribution is -2.45. The zero-order valence-corrected chi connectivity index (χ0v) is 9.76. The van der Waals surface area contributed by atoms with Crippen LogP contribution in [0.4, 0.5) is 0 Å². The molecule has 0 aliphatic heterocycles. The summed E-state index contributed by atoms with van der Waals surface area (Å²) in [6.07, 6.45) is 3.14. The first-order chi connectivity index (χ1) is 8.24. The summed E-state index contributed by atoms with van der Waals surface area (Å²) in [5.41, 5.74) is 8.10. The SMILES string of the molecule is NC1(c2nc3ccccc3n2CCO)CCC1. The molecule has 17 heavy (non-hydrogen) atoms. The van der Waals surface area contributed by atoms with Crippen LogP contribution in [0.15, 0.2) is 24.3 Å². The van der Waals surface area contributed by atoms with Crippen LogP contribution >= 0.6 is 0 Å². The monoisotopic (exact) mass is 231 g/mol. The van der Waals surface area contributed by atoms with Crippen LogP contribution in [0.1, 0.15) is 25.1 Å². The van der Waals surface area contributed by atoms with Crippen molar-refractivity contribution in [3.05, 3.63) is 30.1 Å². The molecule has 4 heteroatoms. The van der Waals surface area contributed by atoms with Crippen LogP contribution in [0, 0.1) is 0 Å². The normalized spacial score (nSPS) is 18.2. The highest BCUT2D eigenvalue weighted by Gasteiger charge is 2.38. The van der Waals surface area contributed by atoms with Gasteiger partial charge in [0, 0.05) is 6.54 Å².